The summed E-state index contributed by atoms with van der Waals surface area (Å²) in [5, 5.41) is 18.1. The lowest BCUT2D eigenvalue weighted by molar-refractivity contribution is 0.305. The van der Waals surface area contributed by atoms with Crippen molar-refractivity contribution >= 4 is 12.6 Å². The number of rotatable bonds is 7. The highest BCUT2D eigenvalue weighted by Gasteiger charge is 2.13. The van der Waals surface area contributed by atoms with E-state index in [1.54, 1.807) is 0 Å². The fraction of sp³-hybridized carbons (Fsp3) is 0.250. The van der Waals surface area contributed by atoms with Gasteiger partial charge < -0.3 is 14.8 Å². The van der Waals surface area contributed by atoms with Crippen LogP contribution in [0.25, 0.3) is 0 Å². The van der Waals surface area contributed by atoms with Crippen LogP contribution < -0.4 is 10.2 Å². The first kappa shape index (κ1) is 15.5. The van der Waals surface area contributed by atoms with Crippen molar-refractivity contribution in [2.24, 2.45) is 0 Å². The van der Waals surface area contributed by atoms with E-state index in [0.717, 1.165) is 25.3 Å². The van der Waals surface area contributed by atoms with Gasteiger partial charge in [0.25, 0.3) is 0 Å². The van der Waals surface area contributed by atoms with Crippen molar-refractivity contribution in [1.82, 2.24) is 0 Å². The Morgan fingerprint density at radius 1 is 1.00 bits per heavy atom. The molecule has 0 heterocycles. The summed E-state index contributed by atoms with van der Waals surface area (Å²) in [6.45, 7) is 0.469. The minimum Gasteiger partial charge on any atom is -0.494 e. The van der Waals surface area contributed by atoms with Crippen LogP contribution in [-0.2, 0) is 6.42 Å². The van der Waals surface area contributed by atoms with E-state index >= 15 is 0 Å². The fourth-order valence-corrected chi connectivity index (χ4v) is 2.08. The molecule has 5 heteroatoms. The van der Waals surface area contributed by atoms with E-state index in [1.165, 1.54) is 17.7 Å². The van der Waals surface area contributed by atoms with Crippen LogP contribution >= 0.6 is 0 Å². The van der Waals surface area contributed by atoms with E-state index < -0.39 is 12.9 Å². The number of hydrogen-bond donors (Lipinski definition) is 2. The summed E-state index contributed by atoms with van der Waals surface area (Å²) in [7, 11) is -1.69. The molecule has 0 aromatic heterocycles. The molecule has 0 radical (unpaired) electrons. The van der Waals surface area contributed by atoms with Gasteiger partial charge in [-0.25, -0.2) is 4.39 Å². The van der Waals surface area contributed by atoms with Gasteiger partial charge in [-0.15, -0.1) is 0 Å². The van der Waals surface area contributed by atoms with Gasteiger partial charge >= 0.3 is 7.12 Å². The molecule has 2 aromatic carbocycles. The zero-order chi connectivity index (χ0) is 15.1. The highest BCUT2D eigenvalue weighted by Crippen LogP contribution is 2.12. The first-order valence-corrected chi connectivity index (χ1v) is 6.98. The van der Waals surface area contributed by atoms with E-state index in [1.807, 2.05) is 18.2 Å². The Labute approximate surface area is 124 Å². The van der Waals surface area contributed by atoms with E-state index in [9.17, 15) is 4.39 Å². The van der Waals surface area contributed by atoms with Crippen LogP contribution in [0.1, 0.15) is 18.4 Å². The second-order valence-electron chi connectivity index (χ2n) is 4.89. The van der Waals surface area contributed by atoms with Gasteiger partial charge in [-0.2, -0.15) is 0 Å². The fourth-order valence-electron chi connectivity index (χ4n) is 2.08. The lowest BCUT2D eigenvalue weighted by Gasteiger charge is -2.08. The summed E-state index contributed by atoms with van der Waals surface area (Å²) in [4.78, 5) is 0. The summed E-state index contributed by atoms with van der Waals surface area (Å²) in [6, 6.07) is 13.9. The average Bonchev–Trinajstić information content (AvgIpc) is 2.47. The smallest absolute Gasteiger partial charge is 0.488 e. The molecule has 2 N–H and O–H groups in total. The predicted molar refractivity (Wildman–Crippen MR) is 81.1 cm³/mol. The second-order valence-corrected chi connectivity index (χ2v) is 4.89. The molecule has 0 bridgehead atoms. The van der Waals surface area contributed by atoms with Crippen LogP contribution in [0.3, 0.4) is 0 Å². The third-order valence-corrected chi connectivity index (χ3v) is 3.16. The molecule has 0 saturated heterocycles. The zero-order valence-corrected chi connectivity index (χ0v) is 11.7. The van der Waals surface area contributed by atoms with Crippen molar-refractivity contribution in [1.29, 1.82) is 0 Å². The standard InChI is InChI=1S/C16H18BFO3/c18-15-10-14(17(19)20)11-16(12-15)21-9-5-4-8-13-6-2-1-3-7-13/h1-3,6-7,10-12,19-20H,4-5,8-9H2. The SMILES string of the molecule is OB(O)c1cc(F)cc(OCCCCc2ccccc2)c1. The Bertz CT molecular complexity index is 561. The third-order valence-electron chi connectivity index (χ3n) is 3.16. The van der Waals surface area contributed by atoms with Crippen molar-refractivity contribution in [3.05, 3.63) is 59.9 Å². The first-order chi connectivity index (χ1) is 10.1. The van der Waals surface area contributed by atoms with Gasteiger partial charge in [-0.1, -0.05) is 30.3 Å². The largest absolute Gasteiger partial charge is 0.494 e. The van der Waals surface area contributed by atoms with Gasteiger partial charge in [0.2, 0.25) is 0 Å². The van der Waals surface area contributed by atoms with E-state index in [4.69, 9.17) is 14.8 Å². The number of benzene rings is 2. The molecule has 0 aliphatic rings. The molecular weight excluding hydrogens is 270 g/mol. The Morgan fingerprint density at radius 2 is 1.76 bits per heavy atom. The number of halogens is 1. The third kappa shape index (κ3) is 5.21. The Balaban J connectivity index is 1.76. The van der Waals surface area contributed by atoms with Crippen molar-refractivity contribution in [3.8, 4) is 5.75 Å². The van der Waals surface area contributed by atoms with E-state index in [0.29, 0.717) is 12.4 Å². The molecule has 0 unspecified atom stereocenters. The molecule has 0 spiro atoms. The van der Waals surface area contributed by atoms with Crippen LogP contribution in [0.15, 0.2) is 48.5 Å². The first-order valence-electron chi connectivity index (χ1n) is 6.98. The predicted octanol–water partition coefficient (Wildman–Crippen LogP) is 1.91. The van der Waals surface area contributed by atoms with Gasteiger partial charge in [0.15, 0.2) is 0 Å². The summed E-state index contributed by atoms with van der Waals surface area (Å²) in [5.74, 6) is -0.224. The molecule has 0 fully saturated rings. The van der Waals surface area contributed by atoms with Crippen LogP contribution in [0, 0.1) is 5.82 Å². The molecule has 21 heavy (non-hydrogen) atoms. The van der Waals surface area contributed by atoms with Gasteiger partial charge in [-0.05, 0) is 42.4 Å². The van der Waals surface area contributed by atoms with Crippen molar-refractivity contribution in [2.75, 3.05) is 6.61 Å². The topological polar surface area (TPSA) is 49.7 Å². The number of hydrogen-bond acceptors (Lipinski definition) is 3. The van der Waals surface area contributed by atoms with Crippen LogP contribution in [0.4, 0.5) is 4.39 Å². The summed E-state index contributed by atoms with van der Waals surface area (Å²) >= 11 is 0. The van der Waals surface area contributed by atoms with Crippen molar-refractivity contribution < 1.29 is 19.2 Å². The molecule has 3 nitrogen and oxygen atoms in total. The Hall–Kier alpha value is -1.85. The average molecular weight is 288 g/mol. The number of ether oxygens (including phenoxy) is 1. The summed E-state index contributed by atoms with van der Waals surface area (Å²) < 4.78 is 18.7. The van der Waals surface area contributed by atoms with Gasteiger partial charge in [0.05, 0.1) is 6.61 Å². The summed E-state index contributed by atoms with van der Waals surface area (Å²) in [6.07, 6.45) is 2.81. The zero-order valence-electron chi connectivity index (χ0n) is 11.7. The maximum Gasteiger partial charge on any atom is 0.488 e. The Morgan fingerprint density at radius 3 is 2.48 bits per heavy atom. The van der Waals surface area contributed by atoms with Crippen LogP contribution in [0.5, 0.6) is 5.75 Å². The molecule has 110 valence electrons. The molecule has 0 amide bonds. The van der Waals surface area contributed by atoms with Crippen molar-refractivity contribution in [3.63, 3.8) is 0 Å². The van der Waals surface area contributed by atoms with Crippen LogP contribution in [-0.4, -0.2) is 23.8 Å². The molecule has 0 aliphatic carbocycles. The molecule has 0 aliphatic heterocycles. The molecule has 2 aromatic rings. The number of unbranched alkanes of at least 4 members (excludes halogenated alkanes) is 1. The van der Waals surface area contributed by atoms with Gasteiger partial charge in [0, 0.05) is 6.07 Å². The van der Waals surface area contributed by atoms with Gasteiger partial charge in [-0.3, -0.25) is 0 Å². The minimum atomic E-state index is -1.69. The van der Waals surface area contributed by atoms with E-state index in [2.05, 4.69) is 12.1 Å². The van der Waals surface area contributed by atoms with E-state index in [-0.39, 0.29) is 5.46 Å². The highest BCUT2D eigenvalue weighted by molar-refractivity contribution is 6.58. The molecule has 0 saturated carbocycles. The molecule has 0 atom stereocenters. The quantitative estimate of drug-likeness (QED) is 0.604. The molecular formula is C16H18BFO3. The second kappa shape index (κ2) is 7.81. The minimum absolute atomic E-state index is 0.0919. The summed E-state index contributed by atoms with van der Waals surface area (Å²) in [5.41, 5.74) is 1.38. The maximum atomic E-state index is 13.3. The molecule has 2 rings (SSSR count). The normalized spacial score (nSPS) is 10.4. The van der Waals surface area contributed by atoms with Crippen molar-refractivity contribution in [2.45, 2.75) is 19.3 Å². The van der Waals surface area contributed by atoms with Gasteiger partial charge in [0.1, 0.15) is 11.6 Å². The number of aryl methyl sites for hydroxylation is 1. The Kier molecular flexibility index (Phi) is 5.78. The monoisotopic (exact) mass is 288 g/mol. The lowest BCUT2D eigenvalue weighted by Crippen LogP contribution is -2.30. The lowest BCUT2D eigenvalue weighted by atomic mass is 9.80. The highest BCUT2D eigenvalue weighted by atomic mass is 19.1. The van der Waals surface area contributed by atoms with Crippen LogP contribution in [0.2, 0.25) is 0 Å². The maximum absolute atomic E-state index is 13.3.